The van der Waals surface area contributed by atoms with E-state index in [0.717, 1.165) is 12.0 Å². The van der Waals surface area contributed by atoms with Gasteiger partial charge in [-0.3, -0.25) is 14.4 Å². The van der Waals surface area contributed by atoms with Crippen molar-refractivity contribution in [3.05, 3.63) is 47.5 Å². The zero-order chi connectivity index (χ0) is 15.7. The zero-order valence-corrected chi connectivity index (χ0v) is 11.9. The summed E-state index contributed by atoms with van der Waals surface area (Å²) in [6.07, 6.45) is 0.0726. The lowest BCUT2D eigenvalue weighted by molar-refractivity contribution is -0.177. The van der Waals surface area contributed by atoms with Gasteiger partial charge in [0.25, 0.3) is 11.8 Å². The van der Waals surface area contributed by atoms with E-state index in [2.05, 4.69) is 11.4 Å². The van der Waals surface area contributed by atoms with Crippen molar-refractivity contribution in [1.82, 2.24) is 5.06 Å². The highest BCUT2D eigenvalue weighted by atomic mass is 16.8. The second-order valence-corrected chi connectivity index (χ2v) is 5.37. The molecule has 6 heteroatoms. The molecule has 1 atom stereocenters. The number of amides is 2. The lowest BCUT2D eigenvalue weighted by Crippen LogP contribution is -2.32. The Morgan fingerprint density at radius 2 is 1.77 bits per heavy atom. The highest BCUT2D eigenvalue weighted by Crippen LogP contribution is 2.45. The number of imide groups is 1. The molecule has 0 bridgehead atoms. The summed E-state index contributed by atoms with van der Waals surface area (Å²) in [5, 5.41) is 0.462. The number of benzene rings is 1. The lowest BCUT2D eigenvalue weighted by atomic mass is 10.1. The van der Waals surface area contributed by atoms with Crippen LogP contribution >= 0.6 is 0 Å². The van der Waals surface area contributed by atoms with Crippen molar-refractivity contribution >= 4 is 18.0 Å². The fourth-order valence-corrected chi connectivity index (χ4v) is 2.30. The number of nitrogens with zero attached hydrogens (tertiary/aromatic N) is 1. The first-order chi connectivity index (χ1) is 10.5. The molecule has 1 heterocycles. The minimum Gasteiger partial charge on any atom is -0.428 e. The molecule has 3 rings (SSSR count). The monoisotopic (exact) mass is 301 g/mol. The Bertz CT molecular complexity index is 633. The van der Waals surface area contributed by atoms with Crippen LogP contribution in [-0.2, 0) is 25.8 Å². The molecule has 1 unspecified atom stereocenters. The molecule has 0 radical (unpaired) electrons. The van der Waals surface area contributed by atoms with Gasteiger partial charge < -0.3 is 4.74 Å². The van der Waals surface area contributed by atoms with Crippen molar-refractivity contribution in [3.63, 3.8) is 0 Å². The number of hydrogen-bond donors (Lipinski definition) is 0. The van der Waals surface area contributed by atoms with Gasteiger partial charge in [-0.25, -0.2) is 4.79 Å². The summed E-state index contributed by atoms with van der Waals surface area (Å²) in [5.41, 5.74) is 3.23. The molecule has 2 aliphatic rings. The molecule has 0 spiro atoms. The topological polar surface area (TPSA) is 72.9 Å². The van der Waals surface area contributed by atoms with Crippen molar-refractivity contribution in [3.8, 4) is 0 Å². The van der Waals surface area contributed by atoms with Crippen LogP contribution in [0.2, 0.25) is 0 Å². The summed E-state index contributed by atoms with van der Waals surface area (Å²) in [6, 6.07) is 7.67. The molecule has 1 aliphatic carbocycles. The molecule has 1 aromatic carbocycles. The Morgan fingerprint density at radius 1 is 1.18 bits per heavy atom. The summed E-state index contributed by atoms with van der Waals surface area (Å²) in [4.78, 5) is 38.7. The Hall–Kier alpha value is -2.63. The third-order valence-electron chi connectivity index (χ3n) is 3.71. The van der Waals surface area contributed by atoms with Crippen LogP contribution in [-0.4, -0.2) is 23.0 Å². The average molecular weight is 301 g/mol. The standard InChI is InChI=1S/C16H15NO5/c1-10-8-13(10)12-4-2-11(3-5-12)9-21-16(20)22-17-14(18)6-7-15(17)19/h2-5,13H,1,6-9H2. The normalized spacial score (nSPS) is 20.3. The summed E-state index contributed by atoms with van der Waals surface area (Å²) in [5.74, 6) is -0.612. The van der Waals surface area contributed by atoms with E-state index in [1.807, 2.05) is 24.3 Å². The van der Waals surface area contributed by atoms with Gasteiger partial charge in [-0.05, 0) is 17.5 Å². The SMILES string of the molecule is C=C1CC1c1ccc(COC(=O)ON2C(=O)CCC2=O)cc1. The second-order valence-electron chi connectivity index (χ2n) is 5.37. The Morgan fingerprint density at radius 3 is 2.32 bits per heavy atom. The van der Waals surface area contributed by atoms with Crippen molar-refractivity contribution < 1.29 is 24.0 Å². The second kappa shape index (κ2) is 5.63. The smallest absolute Gasteiger partial charge is 0.428 e. The van der Waals surface area contributed by atoms with Gasteiger partial charge >= 0.3 is 6.16 Å². The molecule has 2 amide bonds. The van der Waals surface area contributed by atoms with Crippen molar-refractivity contribution in [2.24, 2.45) is 0 Å². The number of allylic oxidation sites excluding steroid dienone is 1. The van der Waals surface area contributed by atoms with E-state index in [-0.39, 0.29) is 19.4 Å². The van der Waals surface area contributed by atoms with E-state index in [0.29, 0.717) is 11.0 Å². The van der Waals surface area contributed by atoms with Crippen LogP contribution in [0.25, 0.3) is 0 Å². The Balaban J connectivity index is 1.49. The molecule has 1 saturated carbocycles. The molecule has 1 saturated heterocycles. The van der Waals surface area contributed by atoms with Crippen LogP contribution < -0.4 is 0 Å². The number of carbonyl (C=O) groups excluding carboxylic acids is 3. The fourth-order valence-electron chi connectivity index (χ4n) is 2.30. The van der Waals surface area contributed by atoms with Crippen molar-refractivity contribution in [2.75, 3.05) is 0 Å². The molecule has 0 N–H and O–H groups in total. The lowest BCUT2D eigenvalue weighted by Gasteiger charge is -2.12. The maximum Gasteiger partial charge on any atom is 0.534 e. The predicted octanol–water partition coefficient (Wildman–Crippen LogP) is 2.45. The summed E-state index contributed by atoms with van der Waals surface area (Å²) >= 11 is 0. The molecule has 1 aromatic rings. The number of carbonyl (C=O) groups is 3. The predicted molar refractivity (Wildman–Crippen MR) is 75.3 cm³/mol. The molecule has 22 heavy (non-hydrogen) atoms. The van der Waals surface area contributed by atoms with Gasteiger partial charge in [-0.2, -0.15) is 0 Å². The molecular weight excluding hydrogens is 286 g/mol. The molecule has 114 valence electrons. The van der Waals surface area contributed by atoms with Gasteiger partial charge in [-0.15, -0.1) is 0 Å². The zero-order valence-electron chi connectivity index (χ0n) is 11.9. The van der Waals surface area contributed by atoms with E-state index in [1.165, 1.54) is 11.1 Å². The third-order valence-corrected chi connectivity index (χ3v) is 3.71. The molecular formula is C16H15NO5. The van der Waals surface area contributed by atoms with E-state index >= 15 is 0 Å². The van der Waals surface area contributed by atoms with Crippen LogP contribution in [0.5, 0.6) is 0 Å². The Labute approximate surface area is 127 Å². The van der Waals surface area contributed by atoms with Crippen LogP contribution in [0.15, 0.2) is 36.4 Å². The van der Waals surface area contributed by atoms with Crippen LogP contribution in [0, 0.1) is 0 Å². The molecule has 1 aliphatic heterocycles. The van der Waals surface area contributed by atoms with Crippen LogP contribution in [0.4, 0.5) is 4.79 Å². The van der Waals surface area contributed by atoms with Crippen LogP contribution in [0.3, 0.4) is 0 Å². The first-order valence-corrected chi connectivity index (χ1v) is 7.01. The van der Waals surface area contributed by atoms with E-state index in [1.54, 1.807) is 0 Å². The fraction of sp³-hybridized carbons (Fsp3) is 0.312. The Kier molecular flexibility index (Phi) is 3.66. The molecule has 2 fully saturated rings. The average Bonchev–Trinajstić information content (AvgIpc) is 3.17. The number of hydrogen-bond acceptors (Lipinski definition) is 5. The van der Waals surface area contributed by atoms with E-state index in [4.69, 9.17) is 4.74 Å². The summed E-state index contributed by atoms with van der Waals surface area (Å²) < 4.78 is 4.90. The van der Waals surface area contributed by atoms with Gasteiger partial charge in [0.1, 0.15) is 6.61 Å². The minimum atomic E-state index is -1.07. The van der Waals surface area contributed by atoms with Crippen LogP contribution in [0.1, 0.15) is 36.3 Å². The summed E-state index contributed by atoms with van der Waals surface area (Å²) in [7, 11) is 0. The summed E-state index contributed by atoms with van der Waals surface area (Å²) in [6.45, 7) is 3.94. The highest BCUT2D eigenvalue weighted by Gasteiger charge is 2.33. The molecule has 0 aromatic heterocycles. The number of rotatable bonds is 4. The number of ether oxygens (including phenoxy) is 1. The van der Waals surface area contributed by atoms with Gasteiger partial charge in [0.05, 0.1) is 0 Å². The number of hydroxylamine groups is 2. The van der Waals surface area contributed by atoms with Gasteiger partial charge in [0.2, 0.25) is 0 Å². The quantitative estimate of drug-likeness (QED) is 0.485. The first-order valence-electron chi connectivity index (χ1n) is 7.01. The maximum absolute atomic E-state index is 11.5. The molecule has 6 nitrogen and oxygen atoms in total. The third kappa shape index (κ3) is 3.00. The largest absolute Gasteiger partial charge is 0.534 e. The van der Waals surface area contributed by atoms with E-state index in [9.17, 15) is 14.4 Å². The maximum atomic E-state index is 11.5. The highest BCUT2D eigenvalue weighted by molar-refractivity contribution is 6.01. The van der Waals surface area contributed by atoms with Crippen molar-refractivity contribution in [2.45, 2.75) is 31.8 Å². The van der Waals surface area contributed by atoms with Gasteiger partial charge in [-0.1, -0.05) is 41.5 Å². The van der Waals surface area contributed by atoms with Gasteiger partial charge in [0, 0.05) is 18.8 Å². The van der Waals surface area contributed by atoms with E-state index < -0.39 is 18.0 Å². The van der Waals surface area contributed by atoms with Crippen molar-refractivity contribution in [1.29, 1.82) is 0 Å². The minimum absolute atomic E-state index is 0.0148. The van der Waals surface area contributed by atoms with Gasteiger partial charge in [0.15, 0.2) is 0 Å². The first kappa shape index (κ1) is 14.3.